The van der Waals surface area contributed by atoms with Crippen LogP contribution in [0.5, 0.6) is 0 Å². The van der Waals surface area contributed by atoms with Crippen molar-refractivity contribution in [1.82, 2.24) is 5.32 Å². The average molecular weight is 280 g/mol. The summed E-state index contributed by atoms with van der Waals surface area (Å²) in [4.78, 5) is 0. The number of nitrogens with zero attached hydrogens (tertiary/aromatic N) is 1. The number of benzene rings is 1. The van der Waals surface area contributed by atoms with Gasteiger partial charge in [0.2, 0.25) is 0 Å². The molecule has 4 N–H and O–H groups in total. The van der Waals surface area contributed by atoms with E-state index in [-0.39, 0.29) is 5.69 Å². The van der Waals surface area contributed by atoms with Gasteiger partial charge >= 0.3 is 0 Å². The van der Waals surface area contributed by atoms with Gasteiger partial charge < -0.3 is 16.2 Å². The number of halogens is 1. The van der Waals surface area contributed by atoms with Crippen molar-refractivity contribution in [3.63, 3.8) is 0 Å². The third-order valence-corrected chi connectivity index (χ3v) is 3.92. The van der Waals surface area contributed by atoms with E-state index in [1.54, 1.807) is 12.1 Å². The van der Waals surface area contributed by atoms with Crippen LogP contribution in [0.1, 0.15) is 42.9 Å². The van der Waals surface area contributed by atoms with Gasteiger partial charge in [0, 0.05) is 12.6 Å². The minimum Gasteiger partial charge on any atom is -0.396 e. The second-order valence-corrected chi connectivity index (χ2v) is 5.39. The molecule has 0 aliphatic heterocycles. The van der Waals surface area contributed by atoms with Crippen molar-refractivity contribution in [2.75, 3.05) is 12.3 Å². The molecule has 1 saturated carbocycles. The second kappa shape index (κ2) is 6.25. The van der Waals surface area contributed by atoms with Crippen molar-refractivity contribution < 1.29 is 5.11 Å². The van der Waals surface area contributed by atoms with Crippen molar-refractivity contribution in [2.24, 2.45) is 0 Å². The number of anilines is 1. The molecule has 102 valence electrons. The van der Waals surface area contributed by atoms with Gasteiger partial charge in [0.25, 0.3) is 0 Å². The fraction of sp³-hybridized carbons (Fsp3) is 0.500. The molecule has 1 aliphatic carbocycles. The van der Waals surface area contributed by atoms with Gasteiger partial charge in [-0.25, -0.2) is 0 Å². The maximum Gasteiger partial charge on any atom is 0.101 e. The molecule has 1 aliphatic rings. The van der Waals surface area contributed by atoms with Crippen molar-refractivity contribution in [3.8, 4) is 6.07 Å². The summed E-state index contributed by atoms with van der Waals surface area (Å²) in [6, 6.07) is 5.71. The minimum atomic E-state index is -0.675. The van der Waals surface area contributed by atoms with E-state index >= 15 is 0 Å². The predicted octanol–water partition coefficient (Wildman–Crippen LogP) is 2.36. The summed E-state index contributed by atoms with van der Waals surface area (Å²) in [5.74, 6) is 0. The first-order chi connectivity index (χ1) is 9.11. The molecule has 4 nitrogen and oxygen atoms in total. The Balaban J connectivity index is 2.04. The normalized spacial score (nSPS) is 17.3. The highest BCUT2D eigenvalue weighted by atomic mass is 35.5. The molecule has 0 saturated heterocycles. The molecule has 1 fully saturated rings. The van der Waals surface area contributed by atoms with Crippen LogP contribution in [0.15, 0.2) is 12.1 Å². The third kappa shape index (κ3) is 3.38. The number of hydrogen-bond acceptors (Lipinski definition) is 4. The molecule has 1 aromatic rings. The topological polar surface area (TPSA) is 82.1 Å². The van der Waals surface area contributed by atoms with Crippen LogP contribution in [0.2, 0.25) is 5.02 Å². The van der Waals surface area contributed by atoms with Crippen molar-refractivity contribution in [3.05, 3.63) is 28.3 Å². The lowest BCUT2D eigenvalue weighted by Crippen LogP contribution is -2.30. The van der Waals surface area contributed by atoms with Crippen LogP contribution in [-0.2, 0) is 0 Å². The number of nitriles is 1. The van der Waals surface area contributed by atoms with Gasteiger partial charge in [-0.3, -0.25) is 0 Å². The summed E-state index contributed by atoms with van der Waals surface area (Å²) >= 11 is 5.96. The highest BCUT2D eigenvalue weighted by molar-refractivity contribution is 6.33. The van der Waals surface area contributed by atoms with E-state index in [0.29, 0.717) is 28.7 Å². The smallest absolute Gasteiger partial charge is 0.101 e. The zero-order valence-corrected chi connectivity index (χ0v) is 11.5. The second-order valence-electron chi connectivity index (χ2n) is 4.98. The number of aliphatic hydroxyl groups is 1. The van der Waals surface area contributed by atoms with E-state index in [0.717, 1.165) is 0 Å². The highest BCUT2D eigenvalue weighted by Gasteiger charge is 2.17. The summed E-state index contributed by atoms with van der Waals surface area (Å²) in [6.45, 7) is 0.468. The molecular weight excluding hydrogens is 262 g/mol. The number of nitrogens with two attached hydrogens (primary N) is 1. The Hall–Kier alpha value is -1.28. The van der Waals surface area contributed by atoms with Crippen LogP contribution in [0.3, 0.4) is 0 Å². The van der Waals surface area contributed by atoms with Gasteiger partial charge in [-0.15, -0.1) is 0 Å². The molecule has 0 spiro atoms. The largest absolute Gasteiger partial charge is 0.396 e. The predicted molar refractivity (Wildman–Crippen MR) is 75.8 cm³/mol. The fourth-order valence-electron chi connectivity index (χ4n) is 2.45. The number of aliphatic hydroxyl groups excluding tert-OH is 1. The van der Waals surface area contributed by atoms with Crippen LogP contribution >= 0.6 is 11.6 Å². The van der Waals surface area contributed by atoms with E-state index in [4.69, 9.17) is 22.6 Å². The maximum atomic E-state index is 10.1. The summed E-state index contributed by atoms with van der Waals surface area (Å²) in [6.07, 6.45) is 4.16. The molecule has 0 aromatic heterocycles. The van der Waals surface area contributed by atoms with E-state index < -0.39 is 6.10 Å². The fourth-order valence-corrected chi connectivity index (χ4v) is 2.68. The van der Waals surface area contributed by atoms with Gasteiger partial charge in [0.15, 0.2) is 0 Å². The zero-order valence-electron chi connectivity index (χ0n) is 10.7. The van der Waals surface area contributed by atoms with E-state index in [9.17, 15) is 5.11 Å². The Morgan fingerprint density at radius 3 is 2.79 bits per heavy atom. The van der Waals surface area contributed by atoms with Crippen molar-refractivity contribution in [1.29, 1.82) is 5.26 Å². The Morgan fingerprint density at radius 2 is 2.16 bits per heavy atom. The van der Waals surface area contributed by atoms with Crippen molar-refractivity contribution in [2.45, 2.75) is 37.8 Å². The Kier molecular flexibility index (Phi) is 4.65. The van der Waals surface area contributed by atoms with Crippen LogP contribution in [0.25, 0.3) is 0 Å². The highest BCUT2D eigenvalue weighted by Crippen LogP contribution is 2.27. The summed E-state index contributed by atoms with van der Waals surface area (Å²) < 4.78 is 0. The van der Waals surface area contributed by atoms with Gasteiger partial charge in [0.1, 0.15) is 6.07 Å². The summed E-state index contributed by atoms with van der Waals surface area (Å²) in [7, 11) is 0. The number of nitrogen functional groups attached to an aromatic ring is 1. The summed E-state index contributed by atoms with van der Waals surface area (Å²) in [5.41, 5.74) is 6.89. The van der Waals surface area contributed by atoms with Gasteiger partial charge in [-0.2, -0.15) is 5.26 Å². The molecule has 0 bridgehead atoms. The van der Waals surface area contributed by atoms with Gasteiger partial charge in [-0.1, -0.05) is 24.4 Å². The Bertz CT molecular complexity index is 492. The van der Waals surface area contributed by atoms with E-state index in [1.807, 2.05) is 6.07 Å². The SMILES string of the molecule is N#Cc1cc([C@H](O)CNC2CCCC2)cc(Cl)c1N. The minimum absolute atomic E-state index is 0.267. The van der Waals surface area contributed by atoms with E-state index in [2.05, 4.69) is 5.32 Å². The van der Waals surface area contributed by atoms with Crippen LogP contribution in [0.4, 0.5) is 5.69 Å². The van der Waals surface area contributed by atoms with Crippen LogP contribution in [0, 0.1) is 11.3 Å². The molecule has 0 unspecified atom stereocenters. The maximum absolute atomic E-state index is 10.1. The molecule has 0 heterocycles. The number of nitrogens with one attached hydrogen (secondary N) is 1. The lowest BCUT2D eigenvalue weighted by molar-refractivity contribution is 0.170. The van der Waals surface area contributed by atoms with Gasteiger partial charge in [-0.05, 0) is 30.5 Å². The van der Waals surface area contributed by atoms with E-state index in [1.165, 1.54) is 25.7 Å². The average Bonchev–Trinajstić information content (AvgIpc) is 2.92. The number of rotatable bonds is 4. The lowest BCUT2D eigenvalue weighted by atomic mass is 10.0. The number of hydrogen-bond donors (Lipinski definition) is 3. The molecule has 0 amide bonds. The Labute approximate surface area is 118 Å². The molecule has 0 radical (unpaired) electrons. The molecule has 1 atom stereocenters. The molecule has 5 heteroatoms. The zero-order chi connectivity index (χ0) is 13.8. The first-order valence-electron chi connectivity index (χ1n) is 6.52. The molecule has 2 rings (SSSR count). The monoisotopic (exact) mass is 279 g/mol. The van der Waals surface area contributed by atoms with Crippen LogP contribution in [-0.4, -0.2) is 17.7 Å². The first-order valence-corrected chi connectivity index (χ1v) is 6.90. The first kappa shape index (κ1) is 14.1. The lowest BCUT2D eigenvalue weighted by Gasteiger charge is -2.17. The molecule has 19 heavy (non-hydrogen) atoms. The third-order valence-electron chi connectivity index (χ3n) is 3.61. The molecular formula is C14H18ClN3O. The van der Waals surface area contributed by atoms with Crippen molar-refractivity contribution >= 4 is 17.3 Å². The Morgan fingerprint density at radius 1 is 1.47 bits per heavy atom. The molecule has 1 aromatic carbocycles. The quantitative estimate of drug-likeness (QED) is 0.739. The van der Waals surface area contributed by atoms with Crippen LogP contribution < -0.4 is 11.1 Å². The standard InChI is InChI=1S/C14H18ClN3O/c15-12-6-9(5-10(7-16)14(12)17)13(19)8-18-11-3-1-2-4-11/h5-6,11,13,18-19H,1-4,8,17H2/t13-/m1/s1. The summed E-state index contributed by atoms with van der Waals surface area (Å²) in [5, 5.41) is 22.8. The van der Waals surface area contributed by atoms with Gasteiger partial charge in [0.05, 0.1) is 22.4 Å².